The number of carbonyl (C=O) groups excluding carboxylic acids is 1. The van der Waals surface area contributed by atoms with Crippen molar-refractivity contribution in [3.63, 3.8) is 0 Å². The summed E-state index contributed by atoms with van der Waals surface area (Å²) in [5.74, 6) is 0.605. The quantitative estimate of drug-likeness (QED) is 0.881. The van der Waals surface area contributed by atoms with Gasteiger partial charge < -0.3 is 14.8 Å². The highest BCUT2D eigenvalue weighted by molar-refractivity contribution is 5.76. The Morgan fingerprint density at radius 3 is 2.59 bits per heavy atom. The van der Waals surface area contributed by atoms with Gasteiger partial charge in [-0.05, 0) is 11.6 Å². The molecule has 22 heavy (non-hydrogen) atoms. The molecule has 0 aliphatic carbocycles. The first-order chi connectivity index (χ1) is 10.8. The van der Waals surface area contributed by atoms with Crippen LogP contribution in [0.3, 0.4) is 0 Å². The molecule has 3 rings (SSSR count). The third-order valence-electron chi connectivity index (χ3n) is 3.84. The number of carbonyl (C=O) groups is 1. The van der Waals surface area contributed by atoms with E-state index in [1.54, 1.807) is 0 Å². The van der Waals surface area contributed by atoms with E-state index in [2.05, 4.69) is 17.4 Å². The van der Waals surface area contributed by atoms with Crippen molar-refractivity contribution in [3.8, 4) is 16.9 Å². The fraction of sp³-hybridized carbons (Fsp3) is 0.278. The van der Waals surface area contributed by atoms with E-state index in [0.717, 1.165) is 16.9 Å². The molecule has 0 amide bonds. The van der Waals surface area contributed by atoms with E-state index in [1.807, 2.05) is 42.5 Å². The zero-order chi connectivity index (χ0) is 15.4. The van der Waals surface area contributed by atoms with Crippen molar-refractivity contribution >= 4 is 5.97 Å². The average Bonchev–Trinajstić information content (AvgIpc) is 3.04. The summed E-state index contributed by atoms with van der Waals surface area (Å²) in [4.78, 5) is 11.6. The molecule has 1 heterocycles. The van der Waals surface area contributed by atoms with Gasteiger partial charge in [-0.15, -0.1) is 0 Å². The van der Waals surface area contributed by atoms with Gasteiger partial charge in [-0.25, -0.2) is 0 Å². The SMILES string of the molecule is COC(=O)[C@@H]1CC(Oc2ccccc2-c2ccccc2)CN1. The van der Waals surface area contributed by atoms with E-state index in [9.17, 15) is 4.79 Å². The van der Waals surface area contributed by atoms with Gasteiger partial charge >= 0.3 is 5.97 Å². The van der Waals surface area contributed by atoms with E-state index in [1.165, 1.54) is 7.11 Å². The van der Waals surface area contributed by atoms with Crippen molar-refractivity contribution in [2.45, 2.75) is 18.6 Å². The van der Waals surface area contributed by atoms with Crippen molar-refractivity contribution in [1.82, 2.24) is 5.32 Å². The molecule has 0 spiro atoms. The molecule has 2 atom stereocenters. The molecule has 1 saturated heterocycles. The summed E-state index contributed by atoms with van der Waals surface area (Å²) in [7, 11) is 1.41. The van der Waals surface area contributed by atoms with Crippen molar-refractivity contribution in [3.05, 3.63) is 54.6 Å². The minimum atomic E-state index is -0.279. The summed E-state index contributed by atoms with van der Waals surface area (Å²) >= 11 is 0. The second kappa shape index (κ2) is 6.62. The van der Waals surface area contributed by atoms with E-state index in [4.69, 9.17) is 9.47 Å². The molecular formula is C18H19NO3. The van der Waals surface area contributed by atoms with E-state index >= 15 is 0 Å². The Balaban J connectivity index is 1.76. The number of para-hydroxylation sites is 1. The van der Waals surface area contributed by atoms with Crippen LogP contribution in [0, 0.1) is 0 Å². The van der Waals surface area contributed by atoms with Crippen LogP contribution < -0.4 is 10.1 Å². The predicted molar refractivity (Wildman–Crippen MR) is 84.7 cm³/mol. The molecule has 4 nitrogen and oxygen atoms in total. The summed E-state index contributed by atoms with van der Waals surface area (Å²) in [6.07, 6.45) is 0.587. The minimum absolute atomic E-state index is 0.0334. The summed E-state index contributed by atoms with van der Waals surface area (Å²) in [6, 6.07) is 17.8. The molecule has 0 bridgehead atoms. The Labute approximate surface area is 130 Å². The van der Waals surface area contributed by atoms with Crippen LogP contribution in [0.4, 0.5) is 0 Å². The van der Waals surface area contributed by atoms with Gasteiger partial charge in [0.2, 0.25) is 0 Å². The van der Waals surface area contributed by atoms with Crippen molar-refractivity contribution in [1.29, 1.82) is 0 Å². The van der Waals surface area contributed by atoms with Crippen LogP contribution in [-0.2, 0) is 9.53 Å². The zero-order valence-electron chi connectivity index (χ0n) is 12.5. The first kappa shape index (κ1) is 14.6. The molecule has 0 saturated carbocycles. The standard InChI is InChI=1S/C18H19NO3/c1-21-18(20)16-11-14(12-19-16)22-17-10-6-5-9-15(17)13-7-3-2-4-8-13/h2-10,14,16,19H,11-12H2,1H3/t14?,16-/m0/s1. The van der Waals surface area contributed by atoms with Crippen molar-refractivity contribution < 1.29 is 14.3 Å². The number of esters is 1. The van der Waals surface area contributed by atoms with Crippen LogP contribution in [0.1, 0.15) is 6.42 Å². The van der Waals surface area contributed by atoms with E-state index < -0.39 is 0 Å². The molecule has 4 heteroatoms. The van der Waals surface area contributed by atoms with Gasteiger partial charge in [0.05, 0.1) is 7.11 Å². The fourth-order valence-corrected chi connectivity index (χ4v) is 2.72. The van der Waals surface area contributed by atoms with Gasteiger partial charge in [-0.3, -0.25) is 4.79 Å². The van der Waals surface area contributed by atoms with Gasteiger partial charge in [0.1, 0.15) is 17.9 Å². The maximum Gasteiger partial charge on any atom is 0.323 e. The van der Waals surface area contributed by atoms with Gasteiger partial charge in [0, 0.05) is 18.5 Å². The topological polar surface area (TPSA) is 47.6 Å². The number of benzene rings is 2. The normalized spacial score (nSPS) is 20.6. The van der Waals surface area contributed by atoms with E-state index in [-0.39, 0.29) is 18.1 Å². The first-order valence-electron chi connectivity index (χ1n) is 7.40. The third-order valence-corrected chi connectivity index (χ3v) is 3.84. The predicted octanol–water partition coefficient (Wildman–Crippen LogP) is 2.64. The Kier molecular flexibility index (Phi) is 4.39. The summed E-state index contributed by atoms with van der Waals surface area (Å²) in [5, 5.41) is 3.14. The Morgan fingerprint density at radius 2 is 1.82 bits per heavy atom. The summed E-state index contributed by atoms with van der Waals surface area (Å²) in [5.41, 5.74) is 2.18. The summed E-state index contributed by atoms with van der Waals surface area (Å²) < 4.78 is 10.9. The highest BCUT2D eigenvalue weighted by atomic mass is 16.5. The lowest BCUT2D eigenvalue weighted by atomic mass is 10.0. The second-order valence-corrected chi connectivity index (χ2v) is 5.32. The van der Waals surface area contributed by atoms with Crippen LogP contribution in [-0.4, -0.2) is 31.8 Å². The molecule has 1 N–H and O–H groups in total. The van der Waals surface area contributed by atoms with Crippen molar-refractivity contribution in [2.24, 2.45) is 0 Å². The average molecular weight is 297 g/mol. The van der Waals surface area contributed by atoms with Gasteiger partial charge in [-0.2, -0.15) is 0 Å². The lowest BCUT2D eigenvalue weighted by molar-refractivity contribution is -0.142. The highest BCUT2D eigenvalue weighted by Gasteiger charge is 2.31. The molecule has 1 aliphatic rings. The van der Waals surface area contributed by atoms with Crippen LogP contribution in [0.25, 0.3) is 11.1 Å². The molecule has 2 aromatic carbocycles. The number of methoxy groups -OCH3 is 1. The molecule has 114 valence electrons. The van der Waals surface area contributed by atoms with Crippen molar-refractivity contribution in [2.75, 3.05) is 13.7 Å². The lowest BCUT2D eigenvalue weighted by Crippen LogP contribution is -2.31. The molecule has 0 radical (unpaired) electrons. The number of rotatable bonds is 4. The second-order valence-electron chi connectivity index (χ2n) is 5.32. The van der Waals surface area contributed by atoms with Crippen LogP contribution in [0.15, 0.2) is 54.6 Å². The number of hydrogen-bond acceptors (Lipinski definition) is 4. The van der Waals surface area contributed by atoms with Gasteiger partial charge in [0.25, 0.3) is 0 Å². The van der Waals surface area contributed by atoms with Crippen LogP contribution in [0.5, 0.6) is 5.75 Å². The lowest BCUT2D eigenvalue weighted by Gasteiger charge is -2.16. The molecule has 0 aromatic heterocycles. The number of ether oxygens (including phenoxy) is 2. The Bertz CT molecular complexity index is 642. The van der Waals surface area contributed by atoms with Crippen LogP contribution in [0.2, 0.25) is 0 Å². The smallest absolute Gasteiger partial charge is 0.323 e. The zero-order valence-corrected chi connectivity index (χ0v) is 12.5. The molecular weight excluding hydrogens is 278 g/mol. The Morgan fingerprint density at radius 1 is 1.09 bits per heavy atom. The molecule has 1 unspecified atom stereocenters. The Hall–Kier alpha value is -2.33. The first-order valence-corrected chi connectivity index (χ1v) is 7.40. The highest BCUT2D eigenvalue weighted by Crippen LogP contribution is 2.31. The third kappa shape index (κ3) is 3.12. The monoisotopic (exact) mass is 297 g/mol. The maximum absolute atomic E-state index is 11.6. The van der Waals surface area contributed by atoms with E-state index in [0.29, 0.717) is 13.0 Å². The number of hydrogen-bond donors (Lipinski definition) is 1. The molecule has 1 fully saturated rings. The largest absolute Gasteiger partial charge is 0.488 e. The molecule has 2 aromatic rings. The van der Waals surface area contributed by atoms with Gasteiger partial charge in [0.15, 0.2) is 0 Å². The number of nitrogens with one attached hydrogen (secondary N) is 1. The minimum Gasteiger partial charge on any atom is -0.488 e. The van der Waals surface area contributed by atoms with Crippen LogP contribution >= 0.6 is 0 Å². The maximum atomic E-state index is 11.6. The fourth-order valence-electron chi connectivity index (χ4n) is 2.72. The van der Waals surface area contributed by atoms with Gasteiger partial charge in [-0.1, -0.05) is 48.5 Å². The summed E-state index contributed by atoms with van der Waals surface area (Å²) in [6.45, 7) is 0.642. The molecule has 1 aliphatic heterocycles.